The number of hydrogen-bond donors (Lipinski definition) is 1. The van der Waals surface area contributed by atoms with Crippen LogP contribution in [-0.4, -0.2) is 47.2 Å². The number of nitrogens with one attached hydrogen (secondary N) is 1. The van der Waals surface area contributed by atoms with Gasteiger partial charge in [0.15, 0.2) is 23.0 Å². The number of amides is 1. The lowest BCUT2D eigenvalue weighted by atomic mass is 10.1. The third kappa shape index (κ3) is 5.32. The maximum atomic E-state index is 12.4. The van der Waals surface area contributed by atoms with Crippen molar-refractivity contribution < 1.29 is 28.5 Å². The zero-order chi connectivity index (χ0) is 21.2. The van der Waals surface area contributed by atoms with Crippen LogP contribution in [0.25, 0.3) is 0 Å². The molecule has 0 unspecified atom stereocenters. The van der Waals surface area contributed by atoms with E-state index in [1.54, 1.807) is 18.2 Å². The minimum Gasteiger partial charge on any atom is -0.493 e. The van der Waals surface area contributed by atoms with Crippen molar-refractivity contribution in [3.05, 3.63) is 41.5 Å². The predicted octanol–water partition coefficient (Wildman–Crippen LogP) is 2.50. The van der Waals surface area contributed by atoms with Gasteiger partial charge in [-0.25, -0.2) is 5.43 Å². The third-order valence-electron chi connectivity index (χ3n) is 3.81. The Labute approximate surface area is 169 Å². The first-order valence-electron chi connectivity index (χ1n) is 8.45. The Morgan fingerprint density at radius 2 is 1.66 bits per heavy atom. The molecule has 0 fully saturated rings. The van der Waals surface area contributed by atoms with E-state index in [-0.39, 0.29) is 6.61 Å². The van der Waals surface area contributed by atoms with Gasteiger partial charge < -0.3 is 23.7 Å². The number of carbonyl (C=O) groups is 1. The summed E-state index contributed by atoms with van der Waals surface area (Å²) in [6, 6.07) is 8.24. The lowest BCUT2D eigenvalue weighted by molar-refractivity contribution is 0.0954. The first kappa shape index (κ1) is 21.4. The first-order chi connectivity index (χ1) is 14.1. The molecule has 0 aromatic heterocycles. The van der Waals surface area contributed by atoms with Gasteiger partial charge in [0.2, 0.25) is 5.75 Å². The first-order valence-corrected chi connectivity index (χ1v) is 8.45. The maximum absolute atomic E-state index is 12.4. The summed E-state index contributed by atoms with van der Waals surface area (Å²) in [6.07, 6.45) is 6.67. The summed E-state index contributed by atoms with van der Waals surface area (Å²) in [6.45, 7) is 0.134. The van der Waals surface area contributed by atoms with E-state index in [1.165, 1.54) is 46.8 Å². The van der Waals surface area contributed by atoms with Crippen LogP contribution in [0, 0.1) is 12.3 Å². The highest BCUT2D eigenvalue weighted by atomic mass is 16.5. The molecule has 0 aliphatic carbocycles. The molecule has 0 heterocycles. The Bertz CT molecular complexity index is 908. The smallest absolute Gasteiger partial charge is 0.271 e. The van der Waals surface area contributed by atoms with Crippen LogP contribution in [0.4, 0.5) is 0 Å². The van der Waals surface area contributed by atoms with E-state index in [1.807, 2.05) is 0 Å². The fraction of sp³-hybridized carbons (Fsp3) is 0.238. The van der Waals surface area contributed by atoms with Crippen LogP contribution < -0.4 is 29.1 Å². The SMILES string of the molecule is C#CCOc1ccc(/C=N\NC(=O)c2cc(OC)c(OC)c(OC)c2)cc1OC. The van der Waals surface area contributed by atoms with E-state index in [9.17, 15) is 4.79 Å². The number of hydrogen-bond acceptors (Lipinski definition) is 7. The fourth-order valence-electron chi connectivity index (χ4n) is 2.45. The van der Waals surface area contributed by atoms with E-state index >= 15 is 0 Å². The quantitative estimate of drug-likeness (QED) is 0.397. The molecule has 2 rings (SSSR count). The van der Waals surface area contributed by atoms with Gasteiger partial charge in [-0.05, 0) is 35.9 Å². The average molecular weight is 398 g/mol. The van der Waals surface area contributed by atoms with Crippen LogP contribution in [0.2, 0.25) is 0 Å². The Morgan fingerprint density at radius 3 is 2.21 bits per heavy atom. The van der Waals surface area contributed by atoms with Crippen molar-refractivity contribution in [3.63, 3.8) is 0 Å². The number of benzene rings is 2. The van der Waals surface area contributed by atoms with Gasteiger partial charge in [-0.3, -0.25) is 4.79 Å². The van der Waals surface area contributed by atoms with Crippen LogP contribution in [0.5, 0.6) is 28.7 Å². The summed E-state index contributed by atoms with van der Waals surface area (Å²) < 4.78 is 26.4. The van der Waals surface area contributed by atoms with Gasteiger partial charge in [-0.1, -0.05) is 5.92 Å². The second-order valence-corrected chi connectivity index (χ2v) is 5.52. The summed E-state index contributed by atoms with van der Waals surface area (Å²) in [5.74, 6) is 4.10. The van der Waals surface area contributed by atoms with Crippen molar-refractivity contribution in [2.75, 3.05) is 35.0 Å². The van der Waals surface area contributed by atoms with Gasteiger partial charge in [-0.2, -0.15) is 5.10 Å². The van der Waals surface area contributed by atoms with Gasteiger partial charge in [0, 0.05) is 5.56 Å². The zero-order valence-corrected chi connectivity index (χ0v) is 16.6. The molecule has 152 valence electrons. The number of ether oxygens (including phenoxy) is 5. The normalized spacial score (nSPS) is 10.2. The fourth-order valence-corrected chi connectivity index (χ4v) is 2.45. The van der Waals surface area contributed by atoms with Gasteiger partial charge in [-0.15, -0.1) is 6.42 Å². The Hall–Kier alpha value is -3.86. The van der Waals surface area contributed by atoms with Crippen LogP contribution in [-0.2, 0) is 0 Å². The van der Waals surface area contributed by atoms with Gasteiger partial charge >= 0.3 is 0 Å². The number of carbonyl (C=O) groups excluding carboxylic acids is 1. The topological polar surface area (TPSA) is 87.6 Å². The van der Waals surface area contributed by atoms with Crippen molar-refractivity contribution in [1.82, 2.24) is 5.43 Å². The predicted molar refractivity (Wildman–Crippen MR) is 108 cm³/mol. The molecule has 0 bridgehead atoms. The van der Waals surface area contributed by atoms with E-state index < -0.39 is 5.91 Å². The zero-order valence-electron chi connectivity index (χ0n) is 16.6. The van der Waals surface area contributed by atoms with Crippen molar-refractivity contribution in [3.8, 4) is 41.1 Å². The largest absolute Gasteiger partial charge is 0.493 e. The van der Waals surface area contributed by atoms with E-state index in [0.29, 0.717) is 39.9 Å². The summed E-state index contributed by atoms with van der Waals surface area (Å²) in [5.41, 5.74) is 3.45. The van der Waals surface area contributed by atoms with Crippen molar-refractivity contribution in [2.24, 2.45) is 5.10 Å². The second-order valence-electron chi connectivity index (χ2n) is 5.52. The molecule has 0 spiro atoms. The number of methoxy groups -OCH3 is 4. The molecule has 0 radical (unpaired) electrons. The average Bonchev–Trinajstić information content (AvgIpc) is 2.76. The van der Waals surface area contributed by atoms with Crippen LogP contribution in [0.3, 0.4) is 0 Å². The van der Waals surface area contributed by atoms with Crippen LogP contribution >= 0.6 is 0 Å². The second kappa shape index (κ2) is 10.5. The molecule has 8 heteroatoms. The van der Waals surface area contributed by atoms with Crippen LogP contribution in [0.15, 0.2) is 35.4 Å². The molecule has 1 N–H and O–H groups in total. The third-order valence-corrected chi connectivity index (χ3v) is 3.81. The molecule has 29 heavy (non-hydrogen) atoms. The van der Waals surface area contributed by atoms with E-state index in [4.69, 9.17) is 30.1 Å². The summed E-state index contributed by atoms with van der Waals surface area (Å²) in [4.78, 5) is 12.4. The minimum absolute atomic E-state index is 0.134. The van der Waals surface area contributed by atoms with Gasteiger partial charge in [0.25, 0.3) is 5.91 Å². The molecule has 0 saturated heterocycles. The Kier molecular flexibility index (Phi) is 7.74. The van der Waals surface area contributed by atoms with E-state index in [0.717, 1.165) is 0 Å². The molecule has 2 aromatic rings. The lowest BCUT2D eigenvalue weighted by Crippen LogP contribution is -2.18. The number of hydrazone groups is 1. The molecular formula is C21H22N2O6. The Morgan fingerprint density at radius 1 is 1.00 bits per heavy atom. The molecule has 8 nitrogen and oxygen atoms in total. The minimum atomic E-state index is -0.443. The highest BCUT2D eigenvalue weighted by Crippen LogP contribution is 2.38. The summed E-state index contributed by atoms with van der Waals surface area (Å²) in [7, 11) is 5.95. The van der Waals surface area contributed by atoms with Gasteiger partial charge in [0.1, 0.15) is 6.61 Å². The Balaban J connectivity index is 2.14. The molecule has 2 aromatic carbocycles. The van der Waals surface area contributed by atoms with Crippen molar-refractivity contribution in [2.45, 2.75) is 0 Å². The molecule has 1 amide bonds. The number of terminal acetylenes is 1. The van der Waals surface area contributed by atoms with Crippen molar-refractivity contribution in [1.29, 1.82) is 0 Å². The summed E-state index contributed by atoms with van der Waals surface area (Å²) >= 11 is 0. The number of rotatable bonds is 9. The highest BCUT2D eigenvalue weighted by Gasteiger charge is 2.16. The molecule has 0 saturated carbocycles. The van der Waals surface area contributed by atoms with Gasteiger partial charge in [0.05, 0.1) is 34.7 Å². The van der Waals surface area contributed by atoms with Crippen LogP contribution in [0.1, 0.15) is 15.9 Å². The maximum Gasteiger partial charge on any atom is 0.271 e. The molecule has 0 aliphatic rings. The molecule has 0 aliphatic heterocycles. The summed E-state index contributed by atoms with van der Waals surface area (Å²) in [5, 5.41) is 3.97. The highest BCUT2D eigenvalue weighted by molar-refractivity contribution is 5.96. The monoisotopic (exact) mass is 398 g/mol. The lowest BCUT2D eigenvalue weighted by Gasteiger charge is -2.13. The van der Waals surface area contributed by atoms with Crippen molar-refractivity contribution >= 4 is 12.1 Å². The number of nitrogens with zero attached hydrogens (tertiary/aromatic N) is 1. The molecule has 0 atom stereocenters. The van der Waals surface area contributed by atoms with E-state index in [2.05, 4.69) is 16.4 Å². The standard InChI is InChI=1S/C21H22N2O6/c1-6-9-29-16-8-7-14(10-17(16)25-2)13-22-23-21(24)15-11-18(26-3)20(28-5)19(12-15)27-4/h1,7-8,10-13H,9H2,2-5H3,(H,23,24)/b22-13-. The molecular weight excluding hydrogens is 376 g/mol.